The average molecular weight is 255 g/mol. The Labute approximate surface area is 113 Å². The van der Waals surface area contributed by atoms with Crippen molar-refractivity contribution in [3.05, 3.63) is 36.2 Å². The van der Waals surface area contributed by atoms with E-state index in [-0.39, 0.29) is 5.41 Å². The van der Waals surface area contributed by atoms with E-state index in [9.17, 15) is 0 Å². The topological polar surface area (TPSA) is 62.7 Å². The number of benzene rings is 1. The molecule has 1 atom stereocenters. The molecule has 0 bridgehead atoms. The lowest BCUT2D eigenvalue weighted by Gasteiger charge is -2.22. The fraction of sp³-hybridized carbons (Fsp3) is 0.400. The zero-order chi connectivity index (χ0) is 13.7. The molecule has 1 aromatic heterocycles. The molecule has 4 nitrogen and oxygen atoms in total. The molecule has 0 saturated carbocycles. The number of nitriles is 1. The van der Waals surface area contributed by atoms with Crippen LogP contribution in [0, 0.1) is 16.7 Å². The lowest BCUT2D eigenvalue weighted by atomic mass is 9.81. The number of hydrogen-bond donors (Lipinski definition) is 0. The van der Waals surface area contributed by atoms with Crippen LogP contribution in [-0.4, -0.2) is 10.1 Å². The number of aromatic nitrogens is 2. The molecule has 19 heavy (non-hydrogen) atoms. The molecule has 1 unspecified atom stereocenters. The van der Waals surface area contributed by atoms with E-state index in [2.05, 4.69) is 30.1 Å². The first kappa shape index (κ1) is 13.3. The summed E-state index contributed by atoms with van der Waals surface area (Å²) in [5, 5.41) is 12.9. The molecule has 0 aliphatic heterocycles. The van der Waals surface area contributed by atoms with Gasteiger partial charge < -0.3 is 4.52 Å². The average Bonchev–Trinajstić information content (AvgIpc) is 2.88. The minimum absolute atomic E-state index is 0.102. The molecule has 98 valence electrons. The zero-order valence-electron chi connectivity index (χ0n) is 11.3. The van der Waals surface area contributed by atoms with Gasteiger partial charge in [-0.05, 0) is 11.8 Å². The van der Waals surface area contributed by atoms with Crippen molar-refractivity contribution in [3.8, 4) is 17.5 Å². The zero-order valence-corrected chi connectivity index (χ0v) is 11.3. The summed E-state index contributed by atoms with van der Waals surface area (Å²) in [7, 11) is 0. The van der Waals surface area contributed by atoms with E-state index in [0.29, 0.717) is 24.6 Å². The smallest absolute Gasteiger partial charge is 0.227 e. The second-order valence-corrected chi connectivity index (χ2v) is 5.05. The second kappa shape index (κ2) is 5.66. The Bertz CT molecular complexity index is 571. The van der Waals surface area contributed by atoms with Crippen molar-refractivity contribution in [2.45, 2.75) is 33.1 Å². The first-order valence-corrected chi connectivity index (χ1v) is 6.42. The second-order valence-electron chi connectivity index (χ2n) is 5.05. The maximum absolute atomic E-state index is 8.88. The maximum atomic E-state index is 8.88. The van der Waals surface area contributed by atoms with Gasteiger partial charge in [0.15, 0.2) is 0 Å². The first-order valence-electron chi connectivity index (χ1n) is 6.42. The monoisotopic (exact) mass is 255 g/mol. The Morgan fingerprint density at radius 3 is 2.68 bits per heavy atom. The summed E-state index contributed by atoms with van der Waals surface area (Å²) in [6.07, 6.45) is 2.03. The van der Waals surface area contributed by atoms with Gasteiger partial charge in [-0.15, -0.1) is 0 Å². The molecule has 2 aromatic rings. The van der Waals surface area contributed by atoms with Crippen LogP contribution in [0.5, 0.6) is 0 Å². The Kier molecular flexibility index (Phi) is 3.96. The molecule has 0 fully saturated rings. The van der Waals surface area contributed by atoms with E-state index in [1.165, 1.54) is 0 Å². The minimum Gasteiger partial charge on any atom is -0.339 e. The van der Waals surface area contributed by atoms with Gasteiger partial charge in [0.25, 0.3) is 0 Å². The first-order chi connectivity index (χ1) is 9.17. The van der Waals surface area contributed by atoms with Crippen molar-refractivity contribution in [2.24, 2.45) is 5.41 Å². The fourth-order valence-corrected chi connectivity index (χ4v) is 1.90. The summed E-state index contributed by atoms with van der Waals surface area (Å²) in [6, 6.07) is 12.0. The lowest BCUT2D eigenvalue weighted by Crippen LogP contribution is -2.18. The van der Waals surface area contributed by atoms with Gasteiger partial charge in [0.1, 0.15) is 0 Å². The third kappa shape index (κ3) is 3.19. The van der Waals surface area contributed by atoms with Crippen LogP contribution in [-0.2, 0) is 6.42 Å². The van der Waals surface area contributed by atoms with Crippen LogP contribution >= 0.6 is 0 Å². The van der Waals surface area contributed by atoms with Crippen LogP contribution in [0.4, 0.5) is 0 Å². The summed E-state index contributed by atoms with van der Waals surface area (Å²) in [4.78, 5) is 4.41. The van der Waals surface area contributed by atoms with Crippen LogP contribution in [0.15, 0.2) is 34.9 Å². The van der Waals surface area contributed by atoms with Gasteiger partial charge in [-0.1, -0.05) is 49.3 Å². The Balaban J connectivity index is 2.16. The quantitative estimate of drug-likeness (QED) is 0.818. The molecule has 4 heteroatoms. The molecule has 0 aliphatic carbocycles. The molecular weight excluding hydrogens is 238 g/mol. The van der Waals surface area contributed by atoms with E-state index < -0.39 is 0 Å². The van der Waals surface area contributed by atoms with Crippen molar-refractivity contribution in [2.75, 3.05) is 0 Å². The molecule has 0 spiro atoms. The van der Waals surface area contributed by atoms with Gasteiger partial charge in [0, 0.05) is 18.4 Å². The normalized spacial score (nSPS) is 13.7. The van der Waals surface area contributed by atoms with E-state index >= 15 is 0 Å². The van der Waals surface area contributed by atoms with Crippen molar-refractivity contribution >= 4 is 0 Å². The predicted octanol–water partition coefficient (Wildman–Crippen LogP) is 3.61. The predicted molar refractivity (Wildman–Crippen MR) is 72.1 cm³/mol. The SMILES string of the molecule is CCC(C)(CC#N)Cc1nc(-c2ccccc2)no1. The van der Waals surface area contributed by atoms with Crippen molar-refractivity contribution in [1.82, 2.24) is 10.1 Å². The van der Waals surface area contributed by atoms with E-state index in [1.54, 1.807) is 0 Å². The van der Waals surface area contributed by atoms with E-state index in [4.69, 9.17) is 9.78 Å². The van der Waals surface area contributed by atoms with Crippen molar-refractivity contribution in [3.63, 3.8) is 0 Å². The third-order valence-electron chi connectivity index (χ3n) is 3.44. The van der Waals surface area contributed by atoms with Crippen LogP contribution in [0.2, 0.25) is 0 Å². The summed E-state index contributed by atoms with van der Waals surface area (Å²) >= 11 is 0. The summed E-state index contributed by atoms with van der Waals surface area (Å²) in [6.45, 7) is 4.15. The summed E-state index contributed by atoms with van der Waals surface area (Å²) < 4.78 is 5.29. The minimum atomic E-state index is -0.102. The highest BCUT2D eigenvalue weighted by molar-refractivity contribution is 5.53. The standard InChI is InChI=1S/C15H17N3O/c1-3-15(2,9-10-16)11-13-17-14(18-19-13)12-7-5-4-6-8-12/h4-8H,3,9,11H2,1-2H3. The van der Waals surface area contributed by atoms with Gasteiger partial charge in [-0.2, -0.15) is 10.2 Å². The van der Waals surface area contributed by atoms with Crippen LogP contribution < -0.4 is 0 Å². The largest absolute Gasteiger partial charge is 0.339 e. The molecule has 2 rings (SSSR count). The highest BCUT2D eigenvalue weighted by Crippen LogP contribution is 2.30. The molecule has 0 aliphatic rings. The number of rotatable bonds is 5. The molecule has 1 aromatic carbocycles. The number of nitrogens with zero attached hydrogens (tertiary/aromatic N) is 3. The highest BCUT2D eigenvalue weighted by Gasteiger charge is 2.25. The fourth-order valence-electron chi connectivity index (χ4n) is 1.90. The Morgan fingerprint density at radius 1 is 1.32 bits per heavy atom. The van der Waals surface area contributed by atoms with Gasteiger partial charge in [0.2, 0.25) is 11.7 Å². The molecule has 0 radical (unpaired) electrons. The van der Waals surface area contributed by atoms with E-state index in [1.807, 2.05) is 30.3 Å². The molecular formula is C15H17N3O. The van der Waals surface area contributed by atoms with Crippen molar-refractivity contribution < 1.29 is 4.52 Å². The summed E-state index contributed by atoms with van der Waals surface area (Å²) in [5.41, 5.74) is 0.839. The van der Waals surface area contributed by atoms with Crippen molar-refractivity contribution in [1.29, 1.82) is 5.26 Å². The van der Waals surface area contributed by atoms with Gasteiger partial charge in [0.05, 0.1) is 6.07 Å². The highest BCUT2D eigenvalue weighted by atomic mass is 16.5. The lowest BCUT2D eigenvalue weighted by molar-refractivity contribution is 0.266. The van der Waals surface area contributed by atoms with Crippen LogP contribution in [0.25, 0.3) is 11.4 Å². The number of hydrogen-bond acceptors (Lipinski definition) is 4. The Morgan fingerprint density at radius 2 is 2.05 bits per heavy atom. The molecule has 1 heterocycles. The van der Waals surface area contributed by atoms with E-state index in [0.717, 1.165) is 12.0 Å². The van der Waals surface area contributed by atoms with Crippen LogP contribution in [0.1, 0.15) is 32.6 Å². The van der Waals surface area contributed by atoms with Gasteiger partial charge in [-0.3, -0.25) is 0 Å². The maximum Gasteiger partial charge on any atom is 0.227 e. The third-order valence-corrected chi connectivity index (χ3v) is 3.44. The van der Waals surface area contributed by atoms with Crippen LogP contribution in [0.3, 0.4) is 0 Å². The van der Waals surface area contributed by atoms with Gasteiger partial charge >= 0.3 is 0 Å². The summed E-state index contributed by atoms with van der Waals surface area (Å²) in [5.74, 6) is 1.20. The van der Waals surface area contributed by atoms with Gasteiger partial charge in [-0.25, -0.2) is 0 Å². The molecule has 0 N–H and O–H groups in total. The Hall–Kier alpha value is -2.15. The molecule has 0 amide bonds. The molecule has 0 saturated heterocycles.